The van der Waals surface area contributed by atoms with Crippen molar-refractivity contribution in [3.63, 3.8) is 0 Å². The van der Waals surface area contributed by atoms with E-state index in [9.17, 15) is 4.79 Å². The molecule has 0 saturated heterocycles. The molecule has 0 aliphatic carbocycles. The van der Waals surface area contributed by atoms with Gasteiger partial charge in [0.1, 0.15) is 0 Å². The third-order valence-electron chi connectivity index (χ3n) is 2.75. The number of aliphatic hydroxyl groups excluding tert-OH is 1. The molecule has 1 aromatic carbocycles. The maximum Gasteiger partial charge on any atom is 0.238 e. The normalized spacial score (nSPS) is 13.9. The van der Waals surface area contributed by atoms with Gasteiger partial charge in [-0.1, -0.05) is 11.6 Å². The van der Waals surface area contributed by atoms with E-state index in [1.165, 1.54) is 0 Å². The maximum atomic E-state index is 11.7. The first kappa shape index (κ1) is 16.3. The van der Waals surface area contributed by atoms with Crippen molar-refractivity contribution in [1.29, 1.82) is 0 Å². The van der Waals surface area contributed by atoms with Gasteiger partial charge >= 0.3 is 0 Å². The lowest BCUT2D eigenvalue weighted by Gasteiger charge is -2.21. The van der Waals surface area contributed by atoms with Crippen molar-refractivity contribution in [3.8, 4) is 0 Å². The third kappa shape index (κ3) is 5.82. The summed E-state index contributed by atoms with van der Waals surface area (Å²) in [7, 11) is 0. The minimum Gasteiger partial charge on any atom is -0.395 e. The summed E-state index contributed by atoms with van der Waals surface area (Å²) >= 11 is 7.34. The van der Waals surface area contributed by atoms with Crippen LogP contribution in [0.25, 0.3) is 0 Å². The molecule has 2 atom stereocenters. The van der Waals surface area contributed by atoms with Crippen molar-refractivity contribution >= 4 is 35.0 Å². The number of nitrogens with one attached hydrogen (secondary N) is 2. The van der Waals surface area contributed by atoms with Crippen molar-refractivity contribution in [2.45, 2.75) is 18.2 Å². The molecule has 0 heterocycles. The second kappa shape index (κ2) is 8.43. The molecular formula is C13H19ClN2O2S. The van der Waals surface area contributed by atoms with Crippen LogP contribution < -0.4 is 10.6 Å². The SMILES string of the molecule is CSC(CO)C(C)NCC(=O)Nc1ccc(Cl)cc1. The molecule has 1 amide bonds. The summed E-state index contributed by atoms with van der Waals surface area (Å²) in [5, 5.41) is 15.7. The number of aliphatic hydroxyl groups is 1. The van der Waals surface area contributed by atoms with Crippen molar-refractivity contribution in [1.82, 2.24) is 5.32 Å². The highest BCUT2D eigenvalue weighted by molar-refractivity contribution is 7.99. The van der Waals surface area contributed by atoms with Crippen LogP contribution in [0.2, 0.25) is 5.02 Å². The Hall–Kier alpha value is -0.750. The molecule has 4 nitrogen and oxygen atoms in total. The van der Waals surface area contributed by atoms with Gasteiger partial charge in [-0.15, -0.1) is 0 Å². The fraction of sp³-hybridized carbons (Fsp3) is 0.462. The van der Waals surface area contributed by atoms with E-state index in [1.54, 1.807) is 36.0 Å². The van der Waals surface area contributed by atoms with Gasteiger partial charge in [-0.05, 0) is 37.4 Å². The monoisotopic (exact) mass is 302 g/mol. The minimum absolute atomic E-state index is 0.0657. The van der Waals surface area contributed by atoms with E-state index in [0.717, 1.165) is 0 Å². The van der Waals surface area contributed by atoms with Crippen molar-refractivity contribution in [2.75, 3.05) is 24.7 Å². The van der Waals surface area contributed by atoms with Crippen LogP contribution in [0.15, 0.2) is 24.3 Å². The van der Waals surface area contributed by atoms with Crippen LogP contribution >= 0.6 is 23.4 Å². The Labute approximate surface area is 122 Å². The van der Waals surface area contributed by atoms with Crippen LogP contribution in [0, 0.1) is 0 Å². The first-order valence-electron chi connectivity index (χ1n) is 5.99. The Morgan fingerprint density at radius 3 is 2.58 bits per heavy atom. The Kier molecular flexibility index (Phi) is 7.23. The number of anilines is 1. The quantitative estimate of drug-likeness (QED) is 0.721. The second-order valence-electron chi connectivity index (χ2n) is 4.18. The molecule has 0 bridgehead atoms. The number of amides is 1. The smallest absolute Gasteiger partial charge is 0.238 e. The Bertz CT molecular complexity index is 396. The lowest BCUT2D eigenvalue weighted by atomic mass is 10.2. The summed E-state index contributed by atoms with van der Waals surface area (Å²) in [6.45, 7) is 2.25. The zero-order valence-electron chi connectivity index (χ0n) is 11.0. The highest BCUT2D eigenvalue weighted by Crippen LogP contribution is 2.13. The number of rotatable bonds is 7. The molecule has 0 fully saturated rings. The van der Waals surface area contributed by atoms with Crippen LogP contribution in [-0.4, -0.2) is 41.7 Å². The van der Waals surface area contributed by atoms with E-state index in [0.29, 0.717) is 10.7 Å². The lowest BCUT2D eigenvalue weighted by Crippen LogP contribution is -2.41. The Morgan fingerprint density at radius 2 is 2.05 bits per heavy atom. The first-order valence-corrected chi connectivity index (χ1v) is 7.66. The van der Waals surface area contributed by atoms with Crippen LogP contribution in [-0.2, 0) is 4.79 Å². The number of carbonyl (C=O) groups excluding carboxylic acids is 1. The zero-order chi connectivity index (χ0) is 14.3. The predicted molar refractivity (Wildman–Crippen MR) is 81.9 cm³/mol. The molecule has 0 aliphatic heterocycles. The van der Waals surface area contributed by atoms with Gasteiger partial charge in [0, 0.05) is 22.0 Å². The molecule has 19 heavy (non-hydrogen) atoms. The van der Waals surface area contributed by atoms with Crippen molar-refractivity contribution < 1.29 is 9.90 Å². The first-order chi connectivity index (χ1) is 9.06. The van der Waals surface area contributed by atoms with Gasteiger partial charge in [0.15, 0.2) is 0 Å². The summed E-state index contributed by atoms with van der Waals surface area (Å²) in [5.74, 6) is -0.119. The van der Waals surface area contributed by atoms with E-state index in [-0.39, 0.29) is 30.4 Å². The van der Waals surface area contributed by atoms with Crippen LogP contribution in [0.4, 0.5) is 5.69 Å². The largest absolute Gasteiger partial charge is 0.395 e. The molecule has 3 N–H and O–H groups in total. The Morgan fingerprint density at radius 1 is 1.42 bits per heavy atom. The van der Waals surface area contributed by atoms with Crippen LogP contribution in [0.1, 0.15) is 6.92 Å². The lowest BCUT2D eigenvalue weighted by molar-refractivity contribution is -0.115. The van der Waals surface area contributed by atoms with E-state index in [2.05, 4.69) is 10.6 Å². The van der Waals surface area contributed by atoms with Gasteiger partial charge in [0.2, 0.25) is 5.91 Å². The van der Waals surface area contributed by atoms with Crippen LogP contribution in [0.5, 0.6) is 0 Å². The molecule has 6 heteroatoms. The molecule has 0 spiro atoms. The van der Waals surface area contributed by atoms with Gasteiger partial charge in [0.25, 0.3) is 0 Å². The van der Waals surface area contributed by atoms with E-state index in [4.69, 9.17) is 16.7 Å². The van der Waals surface area contributed by atoms with E-state index in [1.807, 2.05) is 13.2 Å². The summed E-state index contributed by atoms with van der Waals surface area (Å²) < 4.78 is 0. The van der Waals surface area contributed by atoms with Crippen molar-refractivity contribution in [2.24, 2.45) is 0 Å². The van der Waals surface area contributed by atoms with E-state index >= 15 is 0 Å². The molecule has 1 aromatic rings. The fourth-order valence-corrected chi connectivity index (χ4v) is 2.34. The average molecular weight is 303 g/mol. The fourth-order valence-electron chi connectivity index (χ4n) is 1.56. The number of carbonyl (C=O) groups is 1. The molecule has 2 unspecified atom stereocenters. The molecule has 0 aromatic heterocycles. The second-order valence-corrected chi connectivity index (χ2v) is 5.69. The standard InChI is InChI=1S/C13H19ClN2O2S/c1-9(12(8-17)19-2)15-7-13(18)16-11-5-3-10(14)4-6-11/h3-6,9,12,15,17H,7-8H2,1-2H3,(H,16,18). The maximum absolute atomic E-state index is 11.7. The zero-order valence-corrected chi connectivity index (χ0v) is 12.6. The molecule has 1 rings (SSSR count). The molecule has 0 radical (unpaired) electrons. The Balaban J connectivity index is 2.37. The summed E-state index contributed by atoms with van der Waals surface area (Å²) in [5.41, 5.74) is 0.715. The summed E-state index contributed by atoms with van der Waals surface area (Å²) in [6.07, 6.45) is 1.94. The topological polar surface area (TPSA) is 61.4 Å². The number of benzene rings is 1. The van der Waals surface area contributed by atoms with Crippen molar-refractivity contribution in [3.05, 3.63) is 29.3 Å². The van der Waals surface area contributed by atoms with Gasteiger partial charge in [0.05, 0.1) is 13.2 Å². The van der Waals surface area contributed by atoms with Gasteiger partial charge in [-0.2, -0.15) is 11.8 Å². The minimum atomic E-state index is -0.119. The number of halogens is 1. The highest BCUT2D eigenvalue weighted by atomic mass is 35.5. The van der Waals surface area contributed by atoms with Crippen LogP contribution in [0.3, 0.4) is 0 Å². The average Bonchev–Trinajstić information content (AvgIpc) is 2.40. The van der Waals surface area contributed by atoms with Gasteiger partial charge < -0.3 is 15.7 Å². The summed E-state index contributed by atoms with van der Waals surface area (Å²) in [6, 6.07) is 7.02. The molecule has 0 aliphatic rings. The number of hydrogen-bond acceptors (Lipinski definition) is 4. The molecule has 0 saturated carbocycles. The third-order valence-corrected chi connectivity index (χ3v) is 4.17. The van der Waals surface area contributed by atoms with Gasteiger partial charge in [-0.25, -0.2) is 0 Å². The van der Waals surface area contributed by atoms with E-state index < -0.39 is 0 Å². The summed E-state index contributed by atoms with van der Waals surface area (Å²) in [4.78, 5) is 11.7. The molecular weight excluding hydrogens is 284 g/mol. The highest BCUT2D eigenvalue weighted by Gasteiger charge is 2.15. The van der Waals surface area contributed by atoms with Gasteiger partial charge in [-0.3, -0.25) is 4.79 Å². The molecule has 106 valence electrons. The predicted octanol–water partition coefficient (Wildman–Crippen LogP) is 1.98. The number of hydrogen-bond donors (Lipinski definition) is 3. The number of thioether (sulfide) groups is 1.